The highest BCUT2D eigenvalue weighted by molar-refractivity contribution is 5.41. The maximum Gasteiger partial charge on any atom is 0.125 e. The van der Waals surface area contributed by atoms with Crippen LogP contribution < -0.4 is 15.2 Å². The molecule has 0 fully saturated rings. The minimum atomic E-state index is -0.538. The summed E-state index contributed by atoms with van der Waals surface area (Å²) in [5.41, 5.74) is 6.95. The molecular weight excluding hydrogens is 350 g/mol. The molecule has 1 aromatic carbocycles. The van der Waals surface area contributed by atoms with Crippen LogP contribution in [0.3, 0.4) is 0 Å². The molecule has 0 amide bonds. The number of hydrogen-bond donors (Lipinski definition) is 2. The summed E-state index contributed by atoms with van der Waals surface area (Å²) in [7, 11) is 1.69. The number of rotatable bonds is 15. The average Bonchev–Trinajstić information content (AvgIpc) is 2.65. The molecule has 0 bridgehead atoms. The molecule has 0 aromatic heterocycles. The molecule has 0 spiro atoms. The highest BCUT2D eigenvalue weighted by Gasteiger charge is 2.25. The minimum Gasteiger partial charge on any atom is -0.496 e. The number of unbranched alkanes of at least 4 members (excludes halogenated alkanes) is 3. The van der Waals surface area contributed by atoms with E-state index in [0.29, 0.717) is 5.92 Å². The molecule has 4 nitrogen and oxygen atoms in total. The third-order valence-electron chi connectivity index (χ3n) is 5.22. The maximum atomic E-state index is 9.71. The molecule has 4 heteroatoms. The largest absolute Gasteiger partial charge is 0.496 e. The van der Waals surface area contributed by atoms with Gasteiger partial charge < -0.3 is 20.3 Å². The second kappa shape index (κ2) is 13.1. The van der Waals surface area contributed by atoms with Gasteiger partial charge in [0.1, 0.15) is 11.5 Å². The number of methoxy groups -OCH3 is 1. The molecule has 1 atom stereocenters. The Balaban J connectivity index is 2.48. The Labute approximate surface area is 172 Å². The summed E-state index contributed by atoms with van der Waals surface area (Å²) in [5.74, 6) is 2.94. The SMILES string of the molecule is COc1cc(OCCCCCCC(C)C)ccc1CC[C@@](N)(CO)CC(C)C. The first-order valence-electron chi connectivity index (χ1n) is 11.0. The van der Waals surface area contributed by atoms with E-state index < -0.39 is 5.54 Å². The molecule has 0 aliphatic carbocycles. The van der Waals surface area contributed by atoms with E-state index in [1.807, 2.05) is 12.1 Å². The lowest BCUT2D eigenvalue weighted by molar-refractivity contribution is 0.165. The highest BCUT2D eigenvalue weighted by Crippen LogP contribution is 2.28. The van der Waals surface area contributed by atoms with Gasteiger partial charge in [0.2, 0.25) is 0 Å². The lowest BCUT2D eigenvalue weighted by Crippen LogP contribution is -2.45. The molecule has 162 valence electrons. The van der Waals surface area contributed by atoms with Gasteiger partial charge in [-0.1, -0.05) is 59.4 Å². The third-order valence-corrected chi connectivity index (χ3v) is 5.22. The molecule has 1 aromatic rings. The zero-order valence-electron chi connectivity index (χ0n) is 18.8. The Kier molecular flexibility index (Phi) is 11.6. The van der Waals surface area contributed by atoms with E-state index in [0.717, 1.165) is 55.3 Å². The molecule has 3 N–H and O–H groups in total. The fourth-order valence-electron chi connectivity index (χ4n) is 3.66. The average molecular weight is 394 g/mol. The number of aliphatic hydroxyl groups is 1. The van der Waals surface area contributed by atoms with E-state index in [-0.39, 0.29) is 6.61 Å². The Morgan fingerprint density at radius 1 is 1.04 bits per heavy atom. The van der Waals surface area contributed by atoms with Gasteiger partial charge in [-0.05, 0) is 49.1 Å². The van der Waals surface area contributed by atoms with Crippen molar-refractivity contribution in [1.82, 2.24) is 0 Å². The van der Waals surface area contributed by atoms with Gasteiger partial charge in [0.25, 0.3) is 0 Å². The van der Waals surface area contributed by atoms with Crippen LogP contribution in [0.15, 0.2) is 18.2 Å². The monoisotopic (exact) mass is 393 g/mol. The van der Waals surface area contributed by atoms with Gasteiger partial charge in [-0.15, -0.1) is 0 Å². The summed E-state index contributed by atoms with van der Waals surface area (Å²) in [6.07, 6.45) is 8.54. The van der Waals surface area contributed by atoms with E-state index in [1.165, 1.54) is 25.7 Å². The molecule has 0 aliphatic heterocycles. The van der Waals surface area contributed by atoms with E-state index in [9.17, 15) is 5.11 Å². The van der Waals surface area contributed by atoms with Gasteiger partial charge in [0.05, 0.1) is 20.3 Å². The first-order chi connectivity index (χ1) is 13.3. The quantitative estimate of drug-likeness (QED) is 0.394. The standard InChI is InChI=1S/C24H43NO3/c1-19(2)10-8-6-7-9-15-28-22-12-11-21(23(16-22)27-5)13-14-24(25,18-26)17-20(3)4/h11-12,16,19-20,26H,6-10,13-15,17-18,25H2,1-5H3/t24-/m0/s1. The number of aliphatic hydroxyl groups excluding tert-OH is 1. The third kappa shape index (κ3) is 9.79. The smallest absolute Gasteiger partial charge is 0.125 e. The summed E-state index contributed by atoms with van der Waals surface area (Å²) < 4.78 is 11.5. The van der Waals surface area contributed by atoms with Crippen molar-refractivity contribution in [1.29, 1.82) is 0 Å². The molecule has 0 unspecified atom stereocenters. The van der Waals surface area contributed by atoms with Crippen LogP contribution in [-0.2, 0) is 6.42 Å². The minimum absolute atomic E-state index is 0.00581. The van der Waals surface area contributed by atoms with Crippen LogP contribution in [0.1, 0.15) is 78.2 Å². The first kappa shape index (κ1) is 24.8. The second-order valence-corrected chi connectivity index (χ2v) is 9.04. The number of aryl methyl sites for hydroxylation is 1. The fourth-order valence-corrected chi connectivity index (χ4v) is 3.66. The van der Waals surface area contributed by atoms with E-state index >= 15 is 0 Å². The van der Waals surface area contributed by atoms with Crippen LogP contribution in [0.2, 0.25) is 0 Å². The summed E-state index contributed by atoms with van der Waals surface area (Å²) in [6.45, 7) is 9.58. The molecule has 28 heavy (non-hydrogen) atoms. The van der Waals surface area contributed by atoms with Crippen LogP contribution in [0, 0.1) is 11.8 Å². The van der Waals surface area contributed by atoms with Crippen molar-refractivity contribution in [3.8, 4) is 11.5 Å². The Bertz CT molecular complexity index is 545. The summed E-state index contributed by atoms with van der Waals surface area (Å²) in [4.78, 5) is 0. The number of hydrogen-bond acceptors (Lipinski definition) is 4. The zero-order chi connectivity index (χ0) is 21.0. The van der Waals surface area contributed by atoms with Crippen molar-refractivity contribution >= 4 is 0 Å². The van der Waals surface area contributed by atoms with E-state index in [1.54, 1.807) is 7.11 Å². The predicted molar refractivity (Wildman–Crippen MR) is 118 cm³/mol. The van der Waals surface area contributed by atoms with Crippen LogP contribution in [0.5, 0.6) is 11.5 Å². The van der Waals surface area contributed by atoms with Crippen molar-refractivity contribution in [3.05, 3.63) is 23.8 Å². The lowest BCUT2D eigenvalue weighted by Gasteiger charge is -2.29. The Hall–Kier alpha value is -1.26. The van der Waals surface area contributed by atoms with Gasteiger partial charge in [-0.2, -0.15) is 0 Å². The van der Waals surface area contributed by atoms with Crippen molar-refractivity contribution in [2.75, 3.05) is 20.3 Å². The van der Waals surface area contributed by atoms with Crippen molar-refractivity contribution in [3.63, 3.8) is 0 Å². The molecule has 0 saturated heterocycles. The fraction of sp³-hybridized carbons (Fsp3) is 0.750. The molecule has 0 aliphatic rings. The van der Waals surface area contributed by atoms with Gasteiger partial charge in [0.15, 0.2) is 0 Å². The Morgan fingerprint density at radius 2 is 1.75 bits per heavy atom. The van der Waals surface area contributed by atoms with E-state index in [4.69, 9.17) is 15.2 Å². The molecule has 0 heterocycles. The Morgan fingerprint density at radius 3 is 2.36 bits per heavy atom. The van der Waals surface area contributed by atoms with Crippen LogP contribution >= 0.6 is 0 Å². The number of nitrogens with two attached hydrogens (primary N) is 1. The van der Waals surface area contributed by atoms with E-state index in [2.05, 4.69) is 33.8 Å². The van der Waals surface area contributed by atoms with Crippen molar-refractivity contribution in [2.24, 2.45) is 17.6 Å². The van der Waals surface area contributed by atoms with Gasteiger partial charge in [0, 0.05) is 11.6 Å². The molecule has 1 rings (SSSR count). The van der Waals surface area contributed by atoms with Gasteiger partial charge in [-0.25, -0.2) is 0 Å². The van der Waals surface area contributed by atoms with Gasteiger partial charge in [-0.3, -0.25) is 0 Å². The van der Waals surface area contributed by atoms with Crippen LogP contribution in [0.4, 0.5) is 0 Å². The molecule has 0 saturated carbocycles. The number of benzene rings is 1. The van der Waals surface area contributed by atoms with Crippen molar-refractivity contribution < 1.29 is 14.6 Å². The summed E-state index contributed by atoms with van der Waals surface area (Å²) in [5, 5.41) is 9.71. The molecule has 0 radical (unpaired) electrons. The number of ether oxygens (including phenoxy) is 2. The maximum absolute atomic E-state index is 9.71. The van der Waals surface area contributed by atoms with Gasteiger partial charge >= 0.3 is 0 Å². The van der Waals surface area contributed by atoms with Crippen LogP contribution in [-0.4, -0.2) is 31.0 Å². The highest BCUT2D eigenvalue weighted by atomic mass is 16.5. The summed E-state index contributed by atoms with van der Waals surface area (Å²) in [6, 6.07) is 6.04. The predicted octanol–water partition coefficient (Wildman–Crippen LogP) is 5.35. The normalized spacial score (nSPS) is 13.8. The topological polar surface area (TPSA) is 64.7 Å². The second-order valence-electron chi connectivity index (χ2n) is 9.04. The zero-order valence-corrected chi connectivity index (χ0v) is 18.8. The summed E-state index contributed by atoms with van der Waals surface area (Å²) >= 11 is 0. The first-order valence-corrected chi connectivity index (χ1v) is 11.0. The van der Waals surface area contributed by atoms with Crippen LogP contribution in [0.25, 0.3) is 0 Å². The van der Waals surface area contributed by atoms with Crippen molar-refractivity contribution in [2.45, 2.75) is 84.6 Å². The lowest BCUT2D eigenvalue weighted by atomic mass is 9.85. The molecular formula is C24H43NO3.